The molecule has 0 amide bonds. The zero-order valence-corrected chi connectivity index (χ0v) is 22.5. The zero-order chi connectivity index (χ0) is 25.6. The van der Waals surface area contributed by atoms with Crippen LogP contribution < -0.4 is 9.64 Å². The molecule has 0 fully saturated rings. The molecule has 0 aromatic heterocycles. The Balaban J connectivity index is 2.39. The molecule has 0 saturated carbocycles. The van der Waals surface area contributed by atoms with Crippen molar-refractivity contribution in [2.75, 3.05) is 26.1 Å². The molecule has 4 nitrogen and oxygen atoms in total. The second-order valence-corrected chi connectivity index (χ2v) is 9.67. The van der Waals surface area contributed by atoms with E-state index in [0.717, 1.165) is 50.3 Å². The lowest BCUT2D eigenvalue weighted by molar-refractivity contribution is -0.114. The van der Waals surface area contributed by atoms with Gasteiger partial charge in [0.15, 0.2) is 5.78 Å². The van der Waals surface area contributed by atoms with Gasteiger partial charge in [0, 0.05) is 26.2 Å². The van der Waals surface area contributed by atoms with Crippen LogP contribution >= 0.6 is 0 Å². The summed E-state index contributed by atoms with van der Waals surface area (Å²) < 4.78 is 5.68. The molecule has 0 saturated heterocycles. The summed E-state index contributed by atoms with van der Waals surface area (Å²) in [6.07, 6.45) is 2.41. The second-order valence-electron chi connectivity index (χ2n) is 9.67. The van der Waals surface area contributed by atoms with E-state index in [4.69, 9.17) is 11.3 Å². The first-order chi connectivity index (χ1) is 15.9. The number of nitrogens with zero attached hydrogens (tertiary/aromatic N) is 2. The molecule has 0 spiro atoms. The van der Waals surface area contributed by atoms with E-state index < -0.39 is 0 Å². The quantitative estimate of drug-likeness (QED) is 0.469. The van der Waals surface area contributed by atoms with Crippen LogP contribution in [0.2, 0.25) is 0 Å². The number of hydrogen-bond acceptors (Lipinski definition) is 3. The predicted octanol–water partition coefficient (Wildman–Crippen LogP) is 6.92. The summed E-state index contributed by atoms with van der Waals surface area (Å²) >= 11 is 0. The molecule has 0 bridgehead atoms. The first-order valence-corrected chi connectivity index (χ1v) is 11.7. The maximum Gasteiger partial charge on any atom is 0.237 e. The Morgan fingerprint density at radius 3 is 1.74 bits per heavy atom. The predicted molar refractivity (Wildman–Crippen MR) is 143 cm³/mol. The minimum atomic E-state index is -0.102. The molecular formula is C30H36N2O2. The van der Waals surface area contributed by atoms with Crippen molar-refractivity contribution in [3.63, 3.8) is 0 Å². The monoisotopic (exact) mass is 456 g/mol. The van der Waals surface area contributed by atoms with Gasteiger partial charge in [0.2, 0.25) is 5.70 Å². The highest BCUT2D eigenvalue weighted by atomic mass is 16.5. The number of anilines is 1. The van der Waals surface area contributed by atoms with E-state index in [-0.39, 0.29) is 17.9 Å². The van der Waals surface area contributed by atoms with Crippen molar-refractivity contribution in [3.8, 4) is 5.75 Å². The molecular weight excluding hydrogens is 420 g/mol. The van der Waals surface area contributed by atoms with E-state index in [1.165, 1.54) is 27.9 Å². The van der Waals surface area contributed by atoms with Crippen molar-refractivity contribution >= 4 is 23.1 Å². The van der Waals surface area contributed by atoms with Crippen LogP contribution in [-0.4, -0.2) is 27.0 Å². The molecule has 0 aliphatic heterocycles. The van der Waals surface area contributed by atoms with Gasteiger partial charge in [-0.05, 0) is 122 Å². The fraction of sp³-hybridized carbons (Fsp3) is 0.400. The van der Waals surface area contributed by atoms with Crippen molar-refractivity contribution in [1.82, 2.24) is 0 Å². The van der Waals surface area contributed by atoms with Gasteiger partial charge >= 0.3 is 0 Å². The SMILES string of the molecule is [C-]#[N+]C1=C(c2c(C)c(C)c(OC)c(C)c2C)C(=Cc2c(C)c(C)c(N(C)C)c(C)c2C)CC1=O. The number of carbonyl (C=O) groups is 1. The largest absolute Gasteiger partial charge is 0.496 e. The highest BCUT2D eigenvalue weighted by Crippen LogP contribution is 2.45. The standard InChI is InChI=1S/C30H36N2O2/c1-15-19(5)29(32(10)11)20(6)16(2)24(15)13-23-14-25(33)28(31-9)27(23)26-17(3)21(7)30(34-12)22(8)18(26)4/h13H,14H2,1-8,10-12H3. The van der Waals surface area contributed by atoms with Crippen molar-refractivity contribution in [2.45, 2.75) is 61.8 Å². The molecule has 34 heavy (non-hydrogen) atoms. The molecule has 178 valence electrons. The Morgan fingerprint density at radius 1 is 0.824 bits per heavy atom. The molecule has 0 heterocycles. The number of methoxy groups -OCH3 is 1. The van der Waals surface area contributed by atoms with Gasteiger partial charge in [0.25, 0.3) is 0 Å². The van der Waals surface area contributed by atoms with Gasteiger partial charge in [-0.1, -0.05) is 6.08 Å². The number of Topliss-reactive ketones (excluding diaryl/α,β-unsaturated/α-hetero) is 1. The molecule has 0 atom stereocenters. The fourth-order valence-electron chi connectivity index (χ4n) is 5.50. The van der Waals surface area contributed by atoms with Gasteiger partial charge < -0.3 is 14.4 Å². The maximum atomic E-state index is 13.0. The van der Waals surface area contributed by atoms with Crippen molar-refractivity contribution in [3.05, 3.63) is 78.3 Å². The van der Waals surface area contributed by atoms with E-state index in [0.29, 0.717) is 0 Å². The van der Waals surface area contributed by atoms with Crippen LogP contribution in [0.5, 0.6) is 5.75 Å². The Morgan fingerprint density at radius 2 is 1.32 bits per heavy atom. The van der Waals surface area contributed by atoms with Crippen LogP contribution in [0.4, 0.5) is 5.69 Å². The Bertz CT molecular complexity index is 1270. The van der Waals surface area contributed by atoms with Gasteiger partial charge in [0.1, 0.15) is 5.75 Å². The van der Waals surface area contributed by atoms with E-state index in [2.05, 4.69) is 71.5 Å². The number of benzene rings is 2. The number of carbonyl (C=O) groups excluding carboxylic acids is 1. The van der Waals surface area contributed by atoms with Gasteiger partial charge in [0.05, 0.1) is 13.7 Å². The van der Waals surface area contributed by atoms with Crippen LogP contribution in [0.15, 0.2) is 11.3 Å². The van der Waals surface area contributed by atoms with Gasteiger partial charge in [-0.25, -0.2) is 4.85 Å². The van der Waals surface area contributed by atoms with Crippen LogP contribution in [0, 0.1) is 62.0 Å². The molecule has 4 heteroatoms. The summed E-state index contributed by atoms with van der Waals surface area (Å²) in [5.74, 6) is 0.769. The Hall–Kier alpha value is -3.32. The number of ketones is 1. The van der Waals surface area contributed by atoms with E-state index in [1.807, 2.05) is 13.8 Å². The third-order valence-electron chi connectivity index (χ3n) is 7.70. The molecule has 2 aromatic carbocycles. The summed E-state index contributed by atoms with van der Waals surface area (Å²) in [5, 5.41) is 0. The molecule has 3 rings (SSSR count). The van der Waals surface area contributed by atoms with E-state index in [1.54, 1.807) is 7.11 Å². The topological polar surface area (TPSA) is 33.9 Å². The highest BCUT2D eigenvalue weighted by Gasteiger charge is 2.32. The van der Waals surface area contributed by atoms with Crippen molar-refractivity contribution in [2.24, 2.45) is 0 Å². The lowest BCUT2D eigenvalue weighted by atomic mass is 9.84. The lowest BCUT2D eigenvalue weighted by Gasteiger charge is -2.25. The third-order valence-corrected chi connectivity index (χ3v) is 7.70. The molecule has 1 aliphatic rings. The first-order valence-electron chi connectivity index (χ1n) is 11.7. The minimum absolute atomic E-state index is 0.102. The average molecular weight is 457 g/mol. The van der Waals surface area contributed by atoms with Gasteiger partial charge in [-0.2, -0.15) is 0 Å². The van der Waals surface area contributed by atoms with Crippen LogP contribution in [0.3, 0.4) is 0 Å². The maximum absolute atomic E-state index is 13.0. The Labute approximate surface area is 204 Å². The molecule has 0 radical (unpaired) electrons. The third kappa shape index (κ3) is 3.74. The molecule has 0 unspecified atom stereocenters. The van der Waals surface area contributed by atoms with Crippen LogP contribution in [-0.2, 0) is 4.79 Å². The molecule has 1 aliphatic carbocycles. The number of ether oxygens (including phenoxy) is 1. The van der Waals surface area contributed by atoms with Crippen molar-refractivity contribution in [1.29, 1.82) is 0 Å². The minimum Gasteiger partial charge on any atom is -0.496 e. The van der Waals surface area contributed by atoms with E-state index in [9.17, 15) is 4.79 Å². The normalized spacial score (nSPS) is 14.8. The van der Waals surface area contributed by atoms with Gasteiger partial charge in [-0.3, -0.25) is 0 Å². The average Bonchev–Trinajstić information content (AvgIpc) is 3.09. The fourth-order valence-corrected chi connectivity index (χ4v) is 5.50. The summed E-state index contributed by atoms with van der Waals surface area (Å²) in [5.41, 5.74) is 14.4. The number of hydrogen-bond donors (Lipinski definition) is 0. The highest BCUT2D eigenvalue weighted by molar-refractivity contribution is 6.17. The molecule has 0 N–H and O–H groups in total. The van der Waals surface area contributed by atoms with Crippen LogP contribution in [0.1, 0.15) is 62.1 Å². The zero-order valence-electron chi connectivity index (χ0n) is 22.5. The lowest BCUT2D eigenvalue weighted by Crippen LogP contribution is -2.14. The first kappa shape index (κ1) is 25.3. The van der Waals surface area contributed by atoms with Crippen molar-refractivity contribution < 1.29 is 9.53 Å². The molecule has 2 aromatic rings. The van der Waals surface area contributed by atoms with Crippen LogP contribution in [0.25, 0.3) is 16.5 Å². The van der Waals surface area contributed by atoms with E-state index >= 15 is 0 Å². The number of rotatable bonds is 4. The second kappa shape index (κ2) is 9.14. The summed E-state index contributed by atoms with van der Waals surface area (Å²) in [6, 6.07) is 0. The summed E-state index contributed by atoms with van der Waals surface area (Å²) in [7, 11) is 5.84. The van der Waals surface area contributed by atoms with Gasteiger partial charge in [-0.15, -0.1) is 0 Å². The summed E-state index contributed by atoms with van der Waals surface area (Å²) in [4.78, 5) is 18.9. The smallest absolute Gasteiger partial charge is 0.237 e. The number of allylic oxidation sites excluding steroid dienone is 3. The Kier molecular flexibility index (Phi) is 6.80. The summed E-state index contributed by atoms with van der Waals surface area (Å²) in [6.45, 7) is 24.6.